The lowest BCUT2D eigenvalue weighted by molar-refractivity contribution is -0.118. The van der Waals surface area contributed by atoms with Crippen LogP contribution >= 0.6 is 0 Å². The normalized spacial score (nSPS) is 15.1. The van der Waals surface area contributed by atoms with Gasteiger partial charge in [-0.1, -0.05) is 43.4 Å². The predicted molar refractivity (Wildman–Crippen MR) is 94.5 cm³/mol. The summed E-state index contributed by atoms with van der Waals surface area (Å²) in [6, 6.07) is 8.12. The Kier molecular flexibility index (Phi) is 5.98. The monoisotopic (exact) mass is 343 g/mol. The molecule has 134 valence electrons. The van der Waals surface area contributed by atoms with Crippen molar-refractivity contribution in [3.05, 3.63) is 29.8 Å². The highest BCUT2D eigenvalue weighted by atomic mass is 16.5. The summed E-state index contributed by atoms with van der Waals surface area (Å²) in [7, 11) is 0. The molecule has 1 aromatic carbocycles. The summed E-state index contributed by atoms with van der Waals surface area (Å²) in [6.07, 6.45) is 7.43. The van der Waals surface area contributed by atoms with Crippen LogP contribution in [0.15, 0.2) is 24.3 Å². The fourth-order valence-electron chi connectivity index (χ4n) is 3.24. The number of rotatable bonds is 7. The lowest BCUT2D eigenvalue weighted by Gasteiger charge is -2.22. The van der Waals surface area contributed by atoms with Crippen LogP contribution in [0, 0.1) is 0 Å². The van der Waals surface area contributed by atoms with Gasteiger partial charge in [0.05, 0.1) is 0 Å². The molecule has 1 amide bonds. The van der Waals surface area contributed by atoms with E-state index in [9.17, 15) is 4.79 Å². The number of nitrogens with zero attached hydrogens (tertiary/aromatic N) is 4. The summed E-state index contributed by atoms with van der Waals surface area (Å²) in [5.74, 6) is 1.44. The van der Waals surface area contributed by atoms with Gasteiger partial charge in [0.15, 0.2) is 6.61 Å². The minimum atomic E-state index is -0.275. The number of anilines is 1. The zero-order valence-electron chi connectivity index (χ0n) is 14.6. The lowest BCUT2D eigenvalue weighted by Crippen LogP contribution is -2.22. The van der Waals surface area contributed by atoms with Gasteiger partial charge in [-0.25, -0.2) is 4.68 Å². The topological polar surface area (TPSA) is 81.9 Å². The minimum Gasteiger partial charge on any atom is -0.484 e. The Morgan fingerprint density at radius 1 is 1.24 bits per heavy atom. The number of aromatic nitrogens is 4. The van der Waals surface area contributed by atoms with Gasteiger partial charge >= 0.3 is 0 Å². The Hall–Kier alpha value is -2.44. The highest BCUT2D eigenvalue weighted by Crippen LogP contribution is 2.33. The van der Waals surface area contributed by atoms with Gasteiger partial charge in [0.1, 0.15) is 5.75 Å². The Morgan fingerprint density at radius 2 is 2.00 bits per heavy atom. The average Bonchev–Trinajstić information content (AvgIpc) is 3.08. The third-order valence-electron chi connectivity index (χ3n) is 4.55. The van der Waals surface area contributed by atoms with Gasteiger partial charge in [-0.15, -0.1) is 0 Å². The smallest absolute Gasteiger partial charge is 0.264 e. The van der Waals surface area contributed by atoms with Gasteiger partial charge in [-0.3, -0.25) is 10.1 Å². The summed E-state index contributed by atoms with van der Waals surface area (Å²) in [5, 5.41) is 13.9. The number of benzene rings is 1. The second kappa shape index (κ2) is 8.60. The zero-order chi connectivity index (χ0) is 17.5. The first-order chi connectivity index (χ1) is 12.3. The fourth-order valence-corrected chi connectivity index (χ4v) is 3.24. The molecule has 1 aromatic heterocycles. The molecule has 0 spiro atoms. The Morgan fingerprint density at radius 3 is 2.72 bits per heavy atom. The first kappa shape index (κ1) is 17.4. The van der Waals surface area contributed by atoms with Crippen molar-refractivity contribution in [1.29, 1.82) is 0 Å². The van der Waals surface area contributed by atoms with Crippen molar-refractivity contribution < 1.29 is 9.53 Å². The maximum Gasteiger partial charge on any atom is 0.264 e. The molecule has 25 heavy (non-hydrogen) atoms. The van der Waals surface area contributed by atoms with E-state index in [0.29, 0.717) is 24.2 Å². The molecule has 0 aliphatic heterocycles. The number of hydrogen-bond donors (Lipinski definition) is 1. The minimum absolute atomic E-state index is 0.0677. The van der Waals surface area contributed by atoms with Crippen LogP contribution in [0.1, 0.15) is 56.9 Å². The van der Waals surface area contributed by atoms with Crippen LogP contribution in [0.2, 0.25) is 0 Å². The molecule has 7 heteroatoms. The van der Waals surface area contributed by atoms with Gasteiger partial charge < -0.3 is 4.74 Å². The standard InChI is InChI=1S/C18H25N5O2/c1-2-12-23-18(20-21-22-23)19-17(24)13-25-16-10-8-15(9-11-16)14-6-4-3-5-7-14/h8-11,14H,2-7,12-13H2,1H3,(H,19,20,22,24). The van der Waals surface area contributed by atoms with Crippen molar-refractivity contribution in [2.45, 2.75) is 57.9 Å². The number of aryl methyl sites for hydroxylation is 1. The maximum absolute atomic E-state index is 12.0. The van der Waals surface area contributed by atoms with E-state index in [4.69, 9.17) is 4.74 Å². The fraction of sp³-hybridized carbons (Fsp3) is 0.556. The molecule has 0 bridgehead atoms. The highest BCUT2D eigenvalue weighted by Gasteiger charge is 2.15. The molecular weight excluding hydrogens is 318 g/mol. The van der Waals surface area contributed by atoms with Gasteiger partial charge in [0.2, 0.25) is 5.95 Å². The van der Waals surface area contributed by atoms with E-state index in [1.165, 1.54) is 37.7 Å². The van der Waals surface area contributed by atoms with Gasteiger partial charge in [0.25, 0.3) is 5.91 Å². The quantitative estimate of drug-likeness (QED) is 0.835. The van der Waals surface area contributed by atoms with E-state index >= 15 is 0 Å². The molecule has 3 rings (SSSR count). The second-order valence-corrected chi connectivity index (χ2v) is 6.47. The van der Waals surface area contributed by atoms with Crippen molar-refractivity contribution >= 4 is 11.9 Å². The van der Waals surface area contributed by atoms with E-state index in [1.54, 1.807) is 4.68 Å². The Labute approximate surface area is 147 Å². The van der Waals surface area contributed by atoms with Crippen LogP contribution in [0.5, 0.6) is 5.75 Å². The summed E-state index contributed by atoms with van der Waals surface area (Å²) in [6.45, 7) is 2.61. The molecule has 7 nitrogen and oxygen atoms in total. The molecule has 1 fully saturated rings. The van der Waals surface area contributed by atoms with Crippen LogP contribution < -0.4 is 10.1 Å². The third kappa shape index (κ3) is 4.78. The second-order valence-electron chi connectivity index (χ2n) is 6.47. The number of tetrazole rings is 1. The van der Waals surface area contributed by atoms with Gasteiger partial charge in [-0.2, -0.15) is 0 Å². The van der Waals surface area contributed by atoms with Crippen LogP contribution in [0.4, 0.5) is 5.95 Å². The van der Waals surface area contributed by atoms with Crippen molar-refractivity contribution in [2.24, 2.45) is 0 Å². The molecule has 0 unspecified atom stereocenters. The van der Waals surface area contributed by atoms with Crippen LogP contribution in [0.25, 0.3) is 0 Å². The molecule has 1 heterocycles. The lowest BCUT2D eigenvalue weighted by atomic mass is 9.84. The van der Waals surface area contributed by atoms with Crippen LogP contribution in [-0.4, -0.2) is 32.7 Å². The van der Waals surface area contributed by atoms with Crippen LogP contribution in [0.3, 0.4) is 0 Å². The van der Waals surface area contributed by atoms with Crippen molar-refractivity contribution in [3.63, 3.8) is 0 Å². The average molecular weight is 343 g/mol. The van der Waals surface area contributed by atoms with E-state index < -0.39 is 0 Å². The highest BCUT2D eigenvalue weighted by molar-refractivity contribution is 5.90. The van der Waals surface area contributed by atoms with Crippen molar-refractivity contribution in [2.75, 3.05) is 11.9 Å². The molecule has 0 atom stereocenters. The summed E-state index contributed by atoms with van der Waals surface area (Å²) < 4.78 is 7.14. The predicted octanol–water partition coefficient (Wildman–Crippen LogP) is 3.15. The molecule has 1 aliphatic carbocycles. The number of amides is 1. The van der Waals surface area contributed by atoms with Crippen LogP contribution in [-0.2, 0) is 11.3 Å². The molecule has 2 aromatic rings. The maximum atomic E-state index is 12.0. The van der Waals surface area contributed by atoms with E-state index in [-0.39, 0.29) is 12.5 Å². The molecule has 0 radical (unpaired) electrons. The number of hydrogen-bond acceptors (Lipinski definition) is 5. The number of carbonyl (C=O) groups is 1. The zero-order valence-corrected chi connectivity index (χ0v) is 14.6. The van der Waals surface area contributed by atoms with Gasteiger partial charge in [-0.05, 0) is 53.3 Å². The Balaban J connectivity index is 1.49. The van der Waals surface area contributed by atoms with E-state index in [2.05, 4.69) is 33.0 Å². The summed E-state index contributed by atoms with van der Waals surface area (Å²) >= 11 is 0. The SMILES string of the molecule is CCCn1nnnc1NC(=O)COc1ccc(C2CCCCC2)cc1. The molecule has 1 saturated carbocycles. The number of nitrogens with one attached hydrogen (secondary N) is 1. The molecule has 1 aliphatic rings. The van der Waals surface area contributed by atoms with E-state index in [0.717, 1.165) is 6.42 Å². The summed E-state index contributed by atoms with van der Waals surface area (Å²) in [5.41, 5.74) is 1.37. The van der Waals surface area contributed by atoms with Crippen molar-refractivity contribution in [3.8, 4) is 5.75 Å². The molecule has 0 saturated heterocycles. The number of ether oxygens (including phenoxy) is 1. The summed E-state index contributed by atoms with van der Waals surface area (Å²) in [4.78, 5) is 12.0. The van der Waals surface area contributed by atoms with E-state index in [1.807, 2.05) is 19.1 Å². The third-order valence-corrected chi connectivity index (χ3v) is 4.55. The first-order valence-corrected chi connectivity index (χ1v) is 9.05. The molecule has 1 N–H and O–H groups in total. The number of carbonyl (C=O) groups excluding carboxylic acids is 1. The van der Waals surface area contributed by atoms with Gasteiger partial charge in [0, 0.05) is 6.54 Å². The first-order valence-electron chi connectivity index (χ1n) is 9.05. The largest absolute Gasteiger partial charge is 0.484 e. The van der Waals surface area contributed by atoms with Crippen molar-refractivity contribution in [1.82, 2.24) is 20.2 Å². The molecular formula is C18H25N5O2. The Bertz CT molecular complexity index is 677.